The number of carbonyl (C=O) groups is 2. The predicted octanol–water partition coefficient (Wildman–Crippen LogP) is 2.82. The lowest BCUT2D eigenvalue weighted by molar-refractivity contribution is -0.119. The number of carbonyl (C=O) groups excluding carboxylic acids is 2. The largest absolute Gasteiger partial charge is 0.366 e. The van der Waals surface area contributed by atoms with Gasteiger partial charge < -0.3 is 5.73 Å². The van der Waals surface area contributed by atoms with E-state index >= 15 is 0 Å². The third kappa shape index (κ3) is 6.37. The van der Waals surface area contributed by atoms with E-state index in [1.165, 1.54) is 15.7 Å². The maximum atomic E-state index is 12.4. The van der Waals surface area contributed by atoms with Crippen LogP contribution in [0.4, 0.5) is 5.95 Å². The van der Waals surface area contributed by atoms with Crippen molar-refractivity contribution in [2.24, 2.45) is 0 Å². The second-order valence-electron chi connectivity index (χ2n) is 7.35. The van der Waals surface area contributed by atoms with Gasteiger partial charge >= 0.3 is 0 Å². The smallest absolute Gasteiger partial charge is 0.273 e. The molecule has 0 saturated carbocycles. The van der Waals surface area contributed by atoms with Gasteiger partial charge in [-0.3, -0.25) is 9.59 Å². The number of nitrogens with zero attached hydrogens (tertiary/aromatic N) is 5. The van der Waals surface area contributed by atoms with Crippen LogP contribution in [0.2, 0.25) is 0 Å². The summed E-state index contributed by atoms with van der Waals surface area (Å²) in [5.41, 5.74) is 9.03. The second kappa shape index (κ2) is 9.87. The summed E-state index contributed by atoms with van der Waals surface area (Å²) in [7, 11) is 0. The monoisotopic (exact) mass is 384 g/mol. The van der Waals surface area contributed by atoms with Crippen LogP contribution in [-0.2, 0) is 22.4 Å². The molecule has 0 aliphatic carbocycles. The fraction of sp³-hybridized carbons (Fsp3) is 0.500. The second-order valence-corrected chi connectivity index (χ2v) is 7.35. The summed E-state index contributed by atoms with van der Waals surface area (Å²) in [5, 5.41) is 12.0. The van der Waals surface area contributed by atoms with Crippen LogP contribution in [-0.4, -0.2) is 36.4 Å². The van der Waals surface area contributed by atoms with E-state index in [9.17, 15) is 9.59 Å². The third-order valence-electron chi connectivity index (χ3n) is 4.12. The number of nitrogens with two attached hydrogens (primary N) is 1. The Morgan fingerprint density at radius 2 is 1.43 bits per heavy atom. The molecule has 2 N–H and O–H groups in total. The molecule has 2 heterocycles. The molecular weight excluding hydrogens is 356 g/mol. The molecule has 8 nitrogen and oxygen atoms in total. The highest BCUT2D eigenvalue weighted by Gasteiger charge is 2.17. The minimum Gasteiger partial charge on any atom is -0.366 e. The SMILES string of the molecule is CC(C)=CCCC(=O)Cc1nc2nnc(N)n2nc1CC(=O)CCC=C(C)C. The molecule has 0 aromatic carbocycles. The number of nitrogen functional groups attached to an aromatic ring is 1. The zero-order valence-corrected chi connectivity index (χ0v) is 17.0. The number of hydrogen-bond donors (Lipinski definition) is 1. The molecule has 2 aromatic rings. The van der Waals surface area contributed by atoms with E-state index in [0.29, 0.717) is 37.1 Å². The lowest BCUT2D eigenvalue weighted by Gasteiger charge is -2.08. The summed E-state index contributed by atoms with van der Waals surface area (Å²) in [4.78, 5) is 29.1. The third-order valence-corrected chi connectivity index (χ3v) is 4.12. The summed E-state index contributed by atoms with van der Waals surface area (Å²) in [5.74, 6) is 0.408. The minimum absolute atomic E-state index is 0.0380. The van der Waals surface area contributed by atoms with Crippen LogP contribution in [0, 0.1) is 0 Å². The van der Waals surface area contributed by atoms with Crippen molar-refractivity contribution in [3.63, 3.8) is 0 Å². The van der Waals surface area contributed by atoms with Gasteiger partial charge in [-0.1, -0.05) is 23.3 Å². The number of aromatic nitrogens is 5. The van der Waals surface area contributed by atoms with E-state index in [2.05, 4.69) is 20.3 Å². The van der Waals surface area contributed by atoms with Crippen LogP contribution in [0.15, 0.2) is 23.3 Å². The average Bonchev–Trinajstić information content (AvgIpc) is 2.94. The predicted molar refractivity (Wildman–Crippen MR) is 108 cm³/mol. The number of ketones is 2. The average molecular weight is 384 g/mol. The van der Waals surface area contributed by atoms with Crippen molar-refractivity contribution in [1.82, 2.24) is 24.8 Å². The summed E-state index contributed by atoms with van der Waals surface area (Å²) >= 11 is 0. The lowest BCUT2D eigenvalue weighted by Crippen LogP contribution is -2.16. The van der Waals surface area contributed by atoms with Gasteiger partial charge in [0.15, 0.2) is 0 Å². The lowest BCUT2D eigenvalue weighted by atomic mass is 10.0. The number of allylic oxidation sites excluding steroid dienone is 4. The molecule has 0 saturated heterocycles. The van der Waals surface area contributed by atoms with Crippen molar-refractivity contribution in [1.29, 1.82) is 0 Å². The van der Waals surface area contributed by atoms with E-state index in [1.54, 1.807) is 0 Å². The van der Waals surface area contributed by atoms with Crippen molar-refractivity contribution in [2.45, 2.75) is 66.2 Å². The Hall–Kier alpha value is -2.90. The van der Waals surface area contributed by atoms with Crippen LogP contribution in [0.1, 0.15) is 64.8 Å². The van der Waals surface area contributed by atoms with Gasteiger partial charge in [0, 0.05) is 12.8 Å². The number of rotatable bonds is 10. The number of anilines is 1. The van der Waals surface area contributed by atoms with Gasteiger partial charge in [0.1, 0.15) is 11.6 Å². The Kier molecular flexibility index (Phi) is 7.54. The first-order chi connectivity index (χ1) is 13.3. The van der Waals surface area contributed by atoms with Gasteiger partial charge in [0.2, 0.25) is 5.95 Å². The Labute approximate surface area is 164 Å². The molecular formula is C20H28N6O2. The van der Waals surface area contributed by atoms with Crippen molar-refractivity contribution in [2.75, 3.05) is 5.73 Å². The Bertz CT molecular complexity index is 918. The summed E-state index contributed by atoms with van der Waals surface area (Å²) in [6, 6.07) is 0. The summed E-state index contributed by atoms with van der Waals surface area (Å²) in [6.45, 7) is 7.99. The number of Topliss-reactive ketones (excluding diaryl/α,β-unsaturated/α-hetero) is 2. The molecule has 2 aromatic heterocycles. The maximum Gasteiger partial charge on any atom is 0.273 e. The Morgan fingerprint density at radius 1 is 0.893 bits per heavy atom. The number of fused-ring (bicyclic) bond motifs is 1. The van der Waals surface area contributed by atoms with Crippen molar-refractivity contribution in [3.05, 3.63) is 34.7 Å². The highest BCUT2D eigenvalue weighted by molar-refractivity contribution is 5.83. The van der Waals surface area contributed by atoms with Crippen LogP contribution >= 0.6 is 0 Å². The van der Waals surface area contributed by atoms with E-state index < -0.39 is 0 Å². The van der Waals surface area contributed by atoms with Gasteiger partial charge in [-0.05, 0) is 40.5 Å². The molecule has 0 bridgehead atoms. The molecule has 0 spiro atoms. The minimum atomic E-state index is 0.0380. The van der Waals surface area contributed by atoms with E-state index in [0.717, 1.165) is 0 Å². The molecule has 28 heavy (non-hydrogen) atoms. The highest BCUT2D eigenvalue weighted by atomic mass is 16.1. The van der Waals surface area contributed by atoms with Gasteiger partial charge in [0.05, 0.1) is 24.2 Å². The van der Waals surface area contributed by atoms with E-state index in [4.69, 9.17) is 5.73 Å². The van der Waals surface area contributed by atoms with Crippen LogP contribution in [0.3, 0.4) is 0 Å². The first kappa shape index (κ1) is 21.4. The normalized spacial score (nSPS) is 10.7. The molecule has 0 amide bonds. The standard InChI is InChI=1S/C20H28N6O2/c1-13(2)7-5-9-15(27)11-17-18(12-16(28)10-6-8-14(3)4)25-26-19(21)23-24-20(26)22-17/h7-8H,5-6,9-12H2,1-4H3,(H2,21,23). The molecule has 0 aliphatic heterocycles. The molecule has 0 fully saturated rings. The summed E-state index contributed by atoms with van der Waals surface area (Å²) in [6.07, 6.45) is 6.47. The molecule has 8 heteroatoms. The molecule has 0 radical (unpaired) electrons. The zero-order valence-electron chi connectivity index (χ0n) is 17.0. The van der Waals surface area contributed by atoms with Gasteiger partial charge in [-0.25, -0.2) is 4.98 Å². The molecule has 2 rings (SSSR count). The first-order valence-corrected chi connectivity index (χ1v) is 9.43. The Balaban J connectivity index is 2.19. The number of hydrogen-bond acceptors (Lipinski definition) is 7. The van der Waals surface area contributed by atoms with Crippen molar-refractivity contribution >= 4 is 23.3 Å². The van der Waals surface area contributed by atoms with Crippen LogP contribution < -0.4 is 5.73 Å². The Morgan fingerprint density at radius 3 is 1.96 bits per heavy atom. The highest BCUT2D eigenvalue weighted by Crippen LogP contribution is 2.13. The topological polar surface area (TPSA) is 116 Å². The maximum absolute atomic E-state index is 12.4. The van der Waals surface area contributed by atoms with Crippen molar-refractivity contribution in [3.8, 4) is 0 Å². The first-order valence-electron chi connectivity index (χ1n) is 9.43. The molecule has 0 unspecified atom stereocenters. The molecule has 150 valence electrons. The zero-order chi connectivity index (χ0) is 20.7. The van der Waals surface area contributed by atoms with Crippen molar-refractivity contribution < 1.29 is 9.59 Å². The van der Waals surface area contributed by atoms with Gasteiger partial charge in [-0.15, -0.1) is 10.2 Å². The fourth-order valence-electron chi connectivity index (χ4n) is 2.69. The molecule has 0 atom stereocenters. The fourth-order valence-corrected chi connectivity index (χ4v) is 2.69. The molecule has 0 aliphatic rings. The summed E-state index contributed by atoms with van der Waals surface area (Å²) < 4.78 is 1.30. The van der Waals surface area contributed by atoms with Crippen LogP contribution in [0.5, 0.6) is 0 Å². The quantitative estimate of drug-likeness (QED) is 0.626. The van der Waals surface area contributed by atoms with Crippen LogP contribution in [0.25, 0.3) is 5.78 Å². The van der Waals surface area contributed by atoms with E-state index in [1.807, 2.05) is 39.8 Å². The van der Waals surface area contributed by atoms with E-state index in [-0.39, 0.29) is 36.1 Å². The van der Waals surface area contributed by atoms with Gasteiger partial charge in [0.25, 0.3) is 5.78 Å². The van der Waals surface area contributed by atoms with Gasteiger partial charge in [-0.2, -0.15) is 9.61 Å².